The first-order valence-corrected chi connectivity index (χ1v) is 26.9. The lowest BCUT2D eigenvalue weighted by atomic mass is 10.0. The largest absolute Gasteiger partial charge is 0.311 e. The topological polar surface area (TPSA) is 17.9 Å². The van der Waals surface area contributed by atoms with E-state index in [1.807, 2.05) is 0 Å². The monoisotopic (exact) mass is 1010 g/mol. The fourth-order valence-corrected chi connectivity index (χ4v) is 11.6. The van der Waals surface area contributed by atoms with Crippen molar-refractivity contribution < 1.29 is 0 Å². The maximum absolute atomic E-state index is 2.51. The second-order valence-corrected chi connectivity index (χ2v) is 19.7. The van der Waals surface area contributed by atoms with Crippen molar-refractivity contribution in [3.05, 3.63) is 322 Å². The number of anilines is 12. The van der Waals surface area contributed by atoms with E-state index in [1.54, 1.807) is 0 Å². The molecule has 0 aliphatic carbocycles. The van der Waals surface area contributed by atoms with Crippen LogP contribution in [0.3, 0.4) is 0 Å². The number of para-hydroxylation sites is 7. The van der Waals surface area contributed by atoms with E-state index in [-0.39, 0.29) is 0 Å². The summed E-state index contributed by atoms with van der Waals surface area (Å²) in [4.78, 5) is 9.64. The Bertz CT molecular complexity index is 4280. The highest BCUT2D eigenvalue weighted by molar-refractivity contribution is 6.12. The van der Waals surface area contributed by atoms with Crippen LogP contribution in [0.5, 0.6) is 0 Å². The van der Waals surface area contributed by atoms with Crippen molar-refractivity contribution in [3.8, 4) is 5.69 Å². The fourth-order valence-electron chi connectivity index (χ4n) is 11.6. The second kappa shape index (κ2) is 20.5. The van der Waals surface area contributed by atoms with E-state index in [0.29, 0.717) is 0 Å². The average molecular weight is 1010 g/mol. The third-order valence-electron chi connectivity index (χ3n) is 15.1. The molecule has 374 valence electrons. The zero-order chi connectivity index (χ0) is 52.5. The summed E-state index contributed by atoms with van der Waals surface area (Å²) in [6.07, 6.45) is 0. The second-order valence-electron chi connectivity index (χ2n) is 19.7. The first-order chi connectivity index (χ1) is 39.2. The van der Waals surface area contributed by atoms with Crippen molar-refractivity contribution >= 4 is 112 Å². The number of benzene rings is 13. The summed E-state index contributed by atoms with van der Waals surface area (Å²) < 4.78 is 2.48. The van der Waals surface area contributed by atoms with E-state index >= 15 is 0 Å². The van der Waals surface area contributed by atoms with Crippen molar-refractivity contribution in [2.24, 2.45) is 0 Å². The maximum atomic E-state index is 2.51. The molecule has 5 heteroatoms. The highest BCUT2D eigenvalue weighted by Crippen LogP contribution is 2.53. The van der Waals surface area contributed by atoms with Crippen LogP contribution in [-0.2, 0) is 0 Å². The molecule has 0 N–H and O–H groups in total. The van der Waals surface area contributed by atoms with E-state index in [4.69, 9.17) is 0 Å². The van der Waals surface area contributed by atoms with Crippen molar-refractivity contribution in [2.75, 3.05) is 19.6 Å². The van der Waals surface area contributed by atoms with Gasteiger partial charge in [-0.05, 0) is 144 Å². The molecule has 0 fully saturated rings. The predicted molar refractivity (Wildman–Crippen MR) is 335 cm³/mol. The summed E-state index contributed by atoms with van der Waals surface area (Å²) in [6, 6.07) is 116. The molecule has 13 aromatic carbocycles. The SMILES string of the molecule is c1ccc(N(c2ccccc2)c2ccc(N(c3cccc(-n4c5ccccc5c5ccccc54)c3N(c3ccc(N(c4ccccc4)c4ccccc4)cc3)c3cccc4ccccc34)c3cccc4ccccc34)cc2)cc1. The van der Waals surface area contributed by atoms with Gasteiger partial charge in [0.15, 0.2) is 0 Å². The molecule has 0 aliphatic heterocycles. The molecule has 0 aliphatic rings. The Morgan fingerprint density at radius 1 is 0.190 bits per heavy atom. The van der Waals surface area contributed by atoms with Crippen LogP contribution in [0.25, 0.3) is 49.0 Å². The van der Waals surface area contributed by atoms with Gasteiger partial charge in [-0.25, -0.2) is 0 Å². The van der Waals surface area contributed by atoms with Gasteiger partial charge in [0, 0.05) is 67.0 Å². The fraction of sp³-hybridized carbons (Fsp3) is 0. The molecule has 0 spiro atoms. The number of hydrogen-bond donors (Lipinski definition) is 0. The Morgan fingerprint density at radius 3 is 0.911 bits per heavy atom. The first-order valence-electron chi connectivity index (χ1n) is 26.9. The van der Waals surface area contributed by atoms with Crippen LogP contribution < -0.4 is 19.6 Å². The molecule has 0 bridgehead atoms. The molecule has 0 atom stereocenters. The summed E-state index contributed by atoms with van der Waals surface area (Å²) in [6.45, 7) is 0. The van der Waals surface area contributed by atoms with Crippen LogP contribution in [0.1, 0.15) is 0 Å². The standard InChI is InChI=1S/C74H53N5/c1-5-28-56(29-6-1)75(57-30-7-2-8-31-57)60-46-50-62(51-47-60)77(68-42-21-26-54-24-13-15-36-64(54)68)72-44-23-45-73(79-70-40-19-17-38-66(70)67-39-18-20-41-71(67)79)74(72)78(69-43-22-27-55-25-14-16-37-65(55)69)63-52-48-61(49-53-63)76(58-32-9-3-10-33-58)59-34-11-4-12-35-59/h1-53H. The molecule has 0 saturated carbocycles. The summed E-state index contributed by atoms with van der Waals surface area (Å²) in [5, 5.41) is 6.97. The maximum Gasteiger partial charge on any atom is 0.0946 e. The average Bonchev–Trinajstić information content (AvgIpc) is 4.12. The molecule has 0 unspecified atom stereocenters. The minimum atomic E-state index is 0.999. The van der Waals surface area contributed by atoms with E-state index in [2.05, 4.69) is 346 Å². The lowest BCUT2D eigenvalue weighted by molar-refractivity contribution is 1.14. The van der Waals surface area contributed by atoms with Gasteiger partial charge in [-0.1, -0.05) is 188 Å². The van der Waals surface area contributed by atoms with Crippen LogP contribution in [0.15, 0.2) is 322 Å². The summed E-state index contributed by atoms with van der Waals surface area (Å²) in [5.74, 6) is 0. The summed E-state index contributed by atoms with van der Waals surface area (Å²) >= 11 is 0. The Kier molecular flexibility index (Phi) is 12.2. The molecule has 1 aromatic heterocycles. The van der Waals surface area contributed by atoms with Crippen LogP contribution in [0, 0.1) is 0 Å². The molecular formula is C74H53N5. The first kappa shape index (κ1) is 46.9. The van der Waals surface area contributed by atoms with Crippen molar-refractivity contribution in [2.45, 2.75) is 0 Å². The van der Waals surface area contributed by atoms with E-state index in [1.165, 1.54) is 10.8 Å². The number of nitrogens with zero attached hydrogens (tertiary/aromatic N) is 5. The van der Waals surface area contributed by atoms with Crippen LogP contribution >= 0.6 is 0 Å². The molecule has 5 nitrogen and oxygen atoms in total. The highest BCUT2D eigenvalue weighted by Gasteiger charge is 2.29. The van der Waals surface area contributed by atoms with Gasteiger partial charge in [0.05, 0.1) is 39.5 Å². The summed E-state index contributed by atoms with van der Waals surface area (Å²) in [7, 11) is 0. The number of fused-ring (bicyclic) bond motifs is 5. The smallest absolute Gasteiger partial charge is 0.0946 e. The van der Waals surface area contributed by atoms with Crippen LogP contribution in [0.4, 0.5) is 68.2 Å². The zero-order valence-electron chi connectivity index (χ0n) is 43.3. The highest BCUT2D eigenvalue weighted by atomic mass is 15.2. The molecule has 0 saturated heterocycles. The number of aromatic nitrogens is 1. The van der Waals surface area contributed by atoms with Gasteiger partial charge in [0.1, 0.15) is 0 Å². The Hall–Kier alpha value is -10.6. The van der Waals surface area contributed by atoms with Crippen molar-refractivity contribution in [1.82, 2.24) is 4.57 Å². The van der Waals surface area contributed by atoms with E-state index in [9.17, 15) is 0 Å². The van der Waals surface area contributed by atoms with Crippen molar-refractivity contribution in [1.29, 1.82) is 0 Å². The molecule has 14 aromatic rings. The van der Waals surface area contributed by atoms with E-state index < -0.39 is 0 Å². The van der Waals surface area contributed by atoms with Gasteiger partial charge in [0.25, 0.3) is 0 Å². The van der Waals surface area contributed by atoms with E-state index in [0.717, 1.165) is 107 Å². The lowest BCUT2D eigenvalue weighted by Gasteiger charge is -2.36. The number of hydrogen-bond acceptors (Lipinski definition) is 4. The van der Waals surface area contributed by atoms with Crippen LogP contribution in [0.2, 0.25) is 0 Å². The molecule has 14 rings (SSSR count). The molecular weight excluding hydrogens is 959 g/mol. The van der Waals surface area contributed by atoms with Gasteiger partial charge in [-0.3, -0.25) is 0 Å². The minimum absolute atomic E-state index is 0.999. The van der Waals surface area contributed by atoms with Gasteiger partial charge in [-0.2, -0.15) is 0 Å². The Labute approximate surface area is 460 Å². The van der Waals surface area contributed by atoms with Gasteiger partial charge in [-0.15, -0.1) is 0 Å². The van der Waals surface area contributed by atoms with Crippen LogP contribution in [-0.4, -0.2) is 4.57 Å². The molecule has 1 heterocycles. The third kappa shape index (κ3) is 8.56. The molecule has 0 amide bonds. The van der Waals surface area contributed by atoms with Gasteiger partial charge in [0.2, 0.25) is 0 Å². The van der Waals surface area contributed by atoms with Gasteiger partial charge < -0.3 is 24.2 Å². The normalized spacial score (nSPS) is 11.3. The predicted octanol–water partition coefficient (Wildman–Crippen LogP) is 21.0. The summed E-state index contributed by atoms with van der Waals surface area (Å²) in [5.41, 5.74) is 15.8. The van der Waals surface area contributed by atoms with Gasteiger partial charge >= 0.3 is 0 Å². The quantitative estimate of drug-likeness (QED) is 0.114. The Balaban J connectivity index is 1.07. The van der Waals surface area contributed by atoms with Crippen molar-refractivity contribution in [3.63, 3.8) is 0 Å². The molecule has 79 heavy (non-hydrogen) atoms. The Morgan fingerprint density at radius 2 is 0.481 bits per heavy atom. The third-order valence-corrected chi connectivity index (χ3v) is 15.1. The number of rotatable bonds is 13. The zero-order valence-corrected chi connectivity index (χ0v) is 43.3. The minimum Gasteiger partial charge on any atom is -0.311 e. The molecule has 0 radical (unpaired) electrons. The lowest BCUT2D eigenvalue weighted by Crippen LogP contribution is -2.20.